The van der Waals surface area contributed by atoms with Gasteiger partial charge in [-0.25, -0.2) is 14.7 Å². The van der Waals surface area contributed by atoms with Crippen LogP contribution in [0.2, 0.25) is 0 Å². The number of hydrogen-bond acceptors (Lipinski definition) is 6. The van der Waals surface area contributed by atoms with Crippen LogP contribution in [0.4, 0.5) is 5.82 Å². The topological polar surface area (TPSA) is 91.6 Å². The second-order valence-corrected chi connectivity index (χ2v) is 6.46. The van der Waals surface area contributed by atoms with Crippen LogP contribution in [0, 0.1) is 0 Å². The number of anilines is 1. The number of hydrogen-bond donors (Lipinski definition) is 4. The van der Waals surface area contributed by atoms with Gasteiger partial charge in [-0.1, -0.05) is 50.8 Å². The largest absolute Gasteiger partial charge is 0.383 e. The molecule has 0 aliphatic carbocycles. The molecule has 0 saturated heterocycles. The number of H-pyrrole nitrogens is 1. The molecule has 1 aromatic carbocycles. The van der Waals surface area contributed by atoms with E-state index in [0.717, 1.165) is 33.4 Å². The molecule has 0 atom stereocenters. The molecule has 0 aliphatic rings. The number of aromatic nitrogens is 3. The van der Waals surface area contributed by atoms with Crippen molar-refractivity contribution >= 4 is 29.0 Å². The second kappa shape index (κ2) is 11.7. The number of rotatable bonds is 8. The molecule has 2 aromatic heterocycles. The average molecular weight is 409 g/mol. The molecule has 0 bridgehead atoms. The van der Waals surface area contributed by atoms with Crippen molar-refractivity contribution in [2.75, 3.05) is 5.73 Å². The lowest BCUT2D eigenvalue weighted by molar-refractivity contribution is 0.968. The second-order valence-electron chi connectivity index (χ2n) is 5.76. The van der Waals surface area contributed by atoms with Gasteiger partial charge in [0, 0.05) is 36.1 Å². The Morgan fingerprint density at radius 3 is 2.90 bits per heavy atom. The zero-order valence-electron chi connectivity index (χ0n) is 17.1. The summed E-state index contributed by atoms with van der Waals surface area (Å²) in [5.41, 5.74) is 10.9. The van der Waals surface area contributed by atoms with Crippen LogP contribution in [0.15, 0.2) is 73.4 Å². The number of nitrogen functional groups attached to an aromatic ring is 1. The molecule has 7 heteroatoms. The minimum atomic E-state index is 0.476. The van der Waals surface area contributed by atoms with Crippen LogP contribution in [0.3, 0.4) is 0 Å². The van der Waals surface area contributed by atoms with Gasteiger partial charge in [-0.2, -0.15) is 0 Å². The van der Waals surface area contributed by atoms with Crippen LogP contribution < -0.4 is 15.2 Å². The smallest absolute Gasteiger partial charge is 0.143 e. The van der Waals surface area contributed by atoms with Crippen LogP contribution in [-0.4, -0.2) is 15.0 Å². The number of benzene rings is 1. The third-order valence-electron chi connectivity index (χ3n) is 3.94. The van der Waals surface area contributed by atoms with Crippen molar-refractivity contribution in [1.29, 1.82) is 0 Å². The van der Waals surface area contributed by atoms with E-state index in [2.05, 4.69) is 49.2 Å². The fourth-order valence-electron chi connectivity index (χ4n) is 2.62. The van der Waals surface area contributed by atoms with Gasteiger partial charge in [-0.3, -0.25) is 0 Å². The number of nitrogens with one attached hydrogen (secondary N) is 3. The van der Waals surface area contributed by atoms with E-state index in [1.165, 1.54) is 18.5 Å². The summed E-state index contributed by atoms with van der Waals surface area (Å²) in [7, 11) is 0. The zero-order chi connectivity index (χ0) is 21.1. The molecular formula is C22H28N6S. The molecule has 0 fully saturated rings. The van der Waals surface area contributed by atoms with Gasteiger partial charge in [0.25, 0.3) is 0 Å². The Hall–Kier alpha value is -3.03. The van der Waals surface area contributed by atoms with E-state index in [9.17, 15) is 0 Å². The van der Waals surface area contributed by atoms with Gasteiger partial charge >= 0.3 is 0 Å². The first-order valence-corrected chi connectivity index (χ1v) is 10.3. The molecule has 29 heavy (non-hydrogen) atoms. The van der Waals surface area contributed by atoms with Crippen LogP contribution in [0.1, 0.15) is 26.3 Å². The molecule has 3 aromatic rings. The number of nitrogens with zero attached hydrogens (tertiary/aromatic N) is 2. The molecule has 6 nitrogen and oxygen atoms in total. The first-order valence-electron chi connectivity index (χ1n) is 9.50. The summed E-state index contributed by atoms with van der Waals surface area (Å²) in [5.74, 6) is 0.476. The van der Waals surface area contributed by atoms with E-state index in [1.54, 1.807) is 6.08 Å². The van der Waals surface area contributed by atoms with Crippen molar-refractivity contribution in [2.45, 2.75) is 27.3 Å². The molecule has 3 rings (SSSR count). The molecule has 152 valence electrons. The number of allylic oxidation sites excluding steroid dienone is 4. The van der Waals surface area contributed by atoms with Gasteiger partial charge in [0.1, 0.15) is 17.8 Å². The Kier molecular flexibility index (Phi) is 9.01. The van der Waals surface area contributed by atoms with Gasteiger partial charge in [-0.15, -0.1) is 0 Å². The third kappa shape index (κ3) is 5.97. The van der Waals surface area contributed by atoms with Crippen LogP contribution in [0.25, 0.3) is 22.2 Å². The maximum atomic E-state index is 6.04. The predicted octanol–water partition coefficient (Wildman–Crippen LogP) is 5.12. The van der Waals surface area contributed by atoms with Gasteiger partial charge in [-0.05, 0) is 36.3 Å². The highest BCUT2D eigenvalue weighted by Crippen LogP contribution is 2.30. The van der Waals surface area contributed by atoms with Crippen LogP contribution >= 0.6 is 12.1 Å². The third-order valence-corrected chi connectivity index (χ3v) is 4.57. The van der Waals surface area contributed by atoms with Gasteiger partial charge < -0.3 is 15.4 Å². The van der Waals surface area contributed by atoms with Gasteiger partial charge in [0.05, 0.1) is 5.39 Å². The van der Waals surface area contributed by atoms with Gasteiger partial charge in [0.15, 0.2) is 0 Å². The summed E-state index contributed by atoms with van der Waals surface area (Å²) in [4.78, 5) is 11.5. The normalized spacial score (nSPS) is 11.3. The van der Waals surface area contributed by atoms with E-state index in [4.69, 9.17) is 5.73 Å². The molecule has 0 spiro atoms. The predicted molar refractivity (Wildman–Crippen MR) is 126 cm³/mol. The van der Waals surface area contributed by atoms with E-state index >= 15 is 0 Å². The van der Waals surface area contributed by atoms with Crippen molar-refractivity contribution in [3.05, 3.63) is 78.9 Å². The summed E-state index contributed by atoms with van der Waals surface area (Å²) < 4.78 is 6.51. The lowest BCUT2D eigenvalue weighted by atomic mass is 10.0. The SMILES string of the molecule is C=C/C(=C\C=C/C)NSNCc1cccc(-c2c[nH]c3ncnc(N)c23)c1.CC. The molecule has 0 amide bonds. The summed E-state index contributed by atoms with van der Waals surface area (Å²) >= 11 is 1.42. The van der Waals surface area contributed by atoms with E-state index in [1.807, 2.05) is 51.3 Å². The molecule has 0 unspecified atom stereocenters. The van der Waals surface area contributed by atoms with Crippen molar-refractivity contribution in [1.82, 2.24) is 24.4 Å². The number of aromatic amines is 1. The first-order chi connectivity index (χ1) is 14.2. The standard InChI is InChI=1S/C20H22N6S.C2H6/c1-3-5-9-16(4-2)26-27-25-11-14-7-6-8-15(10-14)17-12-22-20-18(17)19(21)23-13-24-20;1-2/h3-10,12-13,25-26H,2,11H2,1H3,(H3,21,22,23,24);1-2H3/b5-3-,16-9+;. The molecule has 0 saturated carbocycles. The maximum absolute atomic E-state index is 6.04. The quantitative estimate of drug-likeness (QED) is 0.235. The molecule has 5 N–H and O–H groups in total. The Morgan fingerprint density at radius 1 is 1.31 bits per heavy atom. The maximum Gasteiger partial charge on any atom is 0.143 e. The number of nitrogens with two attached hydrogens (primary N) is 1. The molecule has 0 aliphatic heterocycles. The minimum absolute atomic E-state index is 0.476. The van der Waals surface area contributed by atoms with E-state index in [-0.39, 0.29) is 0 Å². The van der Waals surface area contributed by atoms with Crippen LogP contribution in [-0.2, 0) is 6.54 Å². The highest BCUT2D eigenvalue weighted by atomic mass is 32.2. The zero-order valence-corrected chi connectivity index (χ0v) is 17.9. The highest BCUT2D eigenvalue weighted by Gasteiger charge is 2.11. The summed E-state index contributed by atoms with van der Waals surface area (Å²) in [6, 6.07) is 8.30. The Morgan fingerprint density at radius 2 is 2.14 bits per heavy atom. The Labute approximate surface area is 176 Å². The fourth-order valence-corrected chi connectivity index (χ4v) is 3.20. The lowest BCUT2D eigenvalue weighted by Gasteiger charge is -2.08. The van der Waals surface area contributed by atoms with E-state index < -0.39 is 0 Å². The molecule has 2 heterocycles. The van der Waals surface area contributed by atoms with Gasteiger partial charge in [0.2, 0.25) is 0 Å². The number of fused-ring (bicyclic) bond motifs is 1. The minimum Gasteiger partial charge on any atom is -0.383 e. The monoisotopic (exact) mass is 408 g/mol. The highest BCUT2D eigenvalue weighted by molar-refractivity contribution is 7.95. The summed E-state index contributed by atoms with van der Waals surface area (Å²) in [5, 5.41) is 0.850. The van der Waals surface area contributed by atoms with Crippen LogP contribution in [0.5, 0.6) is 0 Å². The lowest BCUT2D eigenvalue weighted by Crippen LogP contribution is -2.12. The summed E-state index contributed by atoms with van der Waals surface area (Å²) in [6.45, 7) is 10.5. The Balaban J connectivity index is 0.00000145. The molecule has 0 radical (unpaired) electrons. The summed E-state index contributed by atoms with van der Waals surface area (Å²) in [6.07, 6.45) is 11.1. The Bertz CT molecular complexity index is 990. The van der Waals surface area contributed by atoms with Crippen molar-refractivity contribution < 1.29 is 0 Å². The van der Waals surface area contributed by atoms with Crippen molar-refractivity contribution in [2.24, 2.45) is 0 Å². The first kappa shape index (κ1) is 22.3. The van der Waals surface area contributed by atoms with E-state index in [0.29, 0.717) is 12.4 Å². The van der Waals surface area contributed by atoms with Crippen molar-refractivity contribution in [3.63, 3.8) is 0 Å². The van der Waals surface area contributed by atoms with Crippen molar-refractivity contribution in [3.8, 4) is 11.1 Å². The fraction of sp³-hybridized carbons (Fsp3) is 0.182. The molecular weight excluding hydrogens is 380 g/mol. The average Bonchev–Trinajstić information content (AvgIpc) is 3.20.